The Balaban J connectivity index is 1.35. The molecule has 0 aliphatic carbocycles. The van der Waals surface area contributed by atoms with Crippen LogP contribution in [0, 0.1) is 0 Å². The zero-order valence-electron chi connectivity index (χ0n) is 31.3. The van der Waals surface area contributed by atoms with Gasteiger partial charge in [-0.15, -0.1) is 0 Å². The molecule has 1 aromatic heterocycles. The maximum Gasteiger partial charge on any atom is 0.335 e. The quantitative estimate of drug-likeness (QED) is 0.103. The van der Waals surface area contributed by atoms with Gasteiger partial charge in [-0.3, -0.25) is 5.32 Å². The third-order valence-electron chi connectivity index (χ3n) is 10.8. The molecule has 0 amide bonds. The molecular formula is C48H32N4O8. The van der Waals surface area contributed by atoms with Crippen molar-refractivity contribution in [3.05, 3.63) is 212 Å². The van der Waals surface area contributed by atoms with Crippen molar-refractivity contribution in [2.75, 3.05) is 0 Å². The summed E-state index contributed by atoms with van der Waals surface area (Å²) in [6.45, 7) is 0. The lowest BCUT2D eigenvalue weighted by Crippen LogP contribution is -2.33. The summed E-state index contributed by atoms with van der Waals surface area (Å²) in [7, 11) is 0. The molecule has 4 aliphatic rings. The Morgan fingerprint density at radius 3 is 1.05 bits per heavy atom. The van der Waals surface area contributed by atoms with E-state index in [1.54, 1.807) is 72.8 Å². The molecule has 0 radical (unpaired) electrons. The number of fused-ring (bicyclic) bond motifs is 6. The highest BCUT2D eigenvalue weighted by atomic mass is 16.4. The van der Waals surface area contributed by atoms with E-state index in [1.807, 2.05) is 48.6 Å². The molecule has 2 unspecified atom stereocenters. The zero-order chi connectivity index (χ0) is 41.7. The number of benzene rings is 4. The number of aromatic carboxylic acids is 4. The second kappa shape index (κ2) is 14.9. The van der Waals surface area contributed by atoms with E-state index in [1.165, 1.54) is 24.3 Å². The number of aliphatic imine (C=N–C) groups is 2. The second-order valence-corrected chi connectivity index (χ2v) is 14.3. The number of nitrogens with one attached hydrogen (secondary N) is 2. The Kier molecular flexibility index (Phi) is 9.30. The Morgan fingerprint density at radius 2 is 0.733 bits per heavy atom. The Labute approximate surface area is 340 Å². The normalized spacial score (nSPS) is 22.1. The molecule has 0 spiro atoms. The van der Waals surface area contributed by atoms with Gasteiger partial charge >= 0.3 is 23.9 Å². The van der Waals surface area contributed by atoms with Crippen molar-refractivity contribution in [2.45, 2.75) is 12.1 Å². The van der Waals surface area contributed by atoms with Gasteiger partial charge in [-0.2, -0.15) is 0 Å². The number of hydrogen-bond donors (Lipinski definition) is 6. The first kappa shape index (κ1) is 37.4. The van der Waals surface area contributed by atoms with E-state index in [0.717, 1.165) is 22.3 Å². The van der Waals surface area contributed by atoms with E-state index >= 15 is 0 Å². The van der Waals surface area contributed by atoms with Crippen LogP contribution in [-0.2, 0) is 0 Å². The standard InChI is InChI=1S/C48H32N4O8/c53-45(54)29-9-1-25(2-10-29)41-33-17-19-35(49-33)42(26-3-11-30(12-4-26)46(55)56)37-21-23-39(51-37)44(28-7-15-32(16-8-28)48(59)60)40-24-22-38(52-40)43(36-20-18-34(41)50-36)27-5-13-31(14-6-27)47(57)58/h1-24,33,35,49,52H,(H,53,54)(H,55,56)(H,57,58)(H,59,60)/b41-34-,42-37-,43-38-,44-40-. The Hall–Kier alpha value is -8.22. The summed E-state index contributed by atoms with van der Waals surface area (Å²) >= 11 is 0. The average Bonchev–Trinajstić information content (AvgIpc) is 4.10. The lowest BCUT2D eigenvalue weighted by Gasteiger charge is -2.22. The van der Waals surface area contributed by atoms with Crippen LogP contribution >= 0.6 is 0 Å². The molecule has 0 saturated heterocycles. The number of aromatic amines is 1. The van der Waals surface area contributed by atoms with Crippen LogP contribution in [0.15, 0.2) is 167 Å². The molecule has 0 fully saturated rings. The smallest absolute Gasteiger partial charge is 0.335 e. The number of carboxylic acid groups (broad SMARTS) is 4. The van der Waals surface area contributed by atoms with Crippen molar-refractivity contribution in [3.63, 3.8) is 0 Å². The molecule has 8 bridgehead atoms. The van der Waals surface area contributed by atoms with Gasteiger partial charge in [0, 0.05) is 33.0 Å². The van der Waals surface area contributed by atoms with E-state index < -0.39 is 36.0 Å². The fourth-order valence-electron chi connectivity index (χ4n) is 7.88. The van der Waals surface area contributed by atoms with Crippen LogP contribution in [-0.4, -0.2) is 72.8 Å². The Bertz CT molecular complexity index is 2830. The first-order chi connectivity index (χ1) is 29.0. The van der Waals surface area contributed by atoms with E-state index in [4.69, 9.17) is 9.98 Å². The maximum atomic E-state index is 11.8. The highest BCUT2D eigenvalue weighted by molar-refractivity contribution is 6.31. The van der Waals surface area contributed by atoms with Gasteiger partial charge in [-0.1, -0.05) is 60.7 Å². The summed E-state index contributed by atoms with van der Waals surface area (Å²) in [6, 6.07) is 29.2. The summed E-state index contributed by atoms with van der Waals surface area (Å²) < 4.78 is 0. The van der Waals surface area contributed by atoms with Crippen LogP contribution in [0.5, 0.6) is 0 Å². The van der Waals surface area contributed by atoms with Crippen LogP contribution in [0.2, 0.25) is 0 Å². The molecular weight excluding hydrogens is 761 g/mol. The third kappa shape index (κ3) is 6.82. The monoisotopic (exact) mass is 792 g/mol. The second-order valence-electron chi connectivity index (χ2n) is 14.3. The molecule has 9 rings (SSSR count). The van der Waals surface area contributed by atoms with Gasteiger partial charge in [0.15, 0.2) is 0 Å². The fourth-order valence-corrected chi connectivity index (χ4v) is 7.88. The largest absolute Gasteiger partial charge is 0.478 e. The van der Waals surface area contributed by atoms with Crippen LogP contribution in [0.3, 0.4) is 0 Å². The van der Waals surface area contributed by atoms with E-state index in [9.17, 15) is 39.6 Å². The van der Waals surface area contributed by atoms with Crippen molar-refractivity contribution < 1.29 is 39.6 Å². The van der Waals surface area contributed by atoms with Crippen molar-refractivity contribution in [2.24, 2.45) is 9.98 Å². The fraction of sp³-hybridized carbons (Fsp3) is 0.0417. The summed E-state index contributed by atoms with van der Waals surface area (Å²) in [5.74, 6) is -4.22. The van der Waals surface area contributed by atoms with Gasteiger partial charge in [0.05, 0.1) is 57.2 Å². The number of nitrogens with zero attached hydrogens (tertiary/aromatic N) is 2. The third-order valence-corrected chi connectivity index (χ3v) is 10.8. The SMILES string of the molecule is O=C(O)c1ccc(/C2=C3\C=CC(=N3)/C(c3ccc(C(=O)O)cc3)=c3/cc/c([nH]3)=C(\c3ccc(C(=O)O)cc3)C3=N/C(=C(/c4ccc(C(=O)O)cc4)C4C=CC2N4)C=C3)cc1. The van der Waals surface area contributed by atoms with E-state index in [-0.39, 0.29) is 22.3 Å². The summed E-state index contributed by atoms with van der Waals surface area (Å²) in [5.41, 5.74) is 8.66. The minimum atomic E-state index is -1.06. The lowest BCUT2D eigenvalue weighted by atomic mass is 9.95. The molecule has 4 aliphatic heterocycles. The predicted octanol–water partition coefficient (Wildman–Crippen LogP) is 5.96. The minimum absolute atomic E-state index is 0.123. The number of hydrogen-bond acceptors (Lipinski definition) is 7. The van der Waals surface area contributed by atoms with Gasteiger partial charge in [0.1, 0.15) is 0 Å². The number of aromatic nitrogens is 1. The van der Waals surface area contributed by atoms with Crippen molar-refractivity contribution in [1.29, 1.82) is 0 Å². The molecule has 12 nitrogen and oxygen atoms in total. The molecule has 292 valence electrons. The number of H-pyrrole nitrogens is 1. The highest BCUT2D eigenvalue weighted by Crippen LogP contribution is 2.36. The maximum absolute atomic E-state index is 11.8. The van der Waals surface area contributed by atoms with Gasteiger partial charge in [0.25, 0.3) is 0 Å². The molecule has 4 aromatic carbocycles. The van der Waals surface area contributed by atoms with Crippen LogP contribution < -0.4 is 16.0 Å². The van der Waals surface area contributed by atoms with Crippen molar-refractivity contribution in [3.8, 4) is 0 Å². The lowest BCUT2D eigenvalue weighted by molar-refractivity contribution is 0.0686. The minimum Gasteiger partial charge on any atom is -0.478 e. The number of rotatable bonds is 8. The molecule has 5 heterocycles. The van der Waals surface area contributed by atoms with Crippen LogP contribution in [0.4, 0.5) is 0 Å². The molecule has 2 atom stereocenters. The Morgan fingerprint density at radius 1 is 0.417 bits per heavy atom. The van der Waals surface area contributed by atoms with Gasteiger partial charge < -0.3 is 25.4 Å². The molecule has 60 heavy (non-hydrogen) atoms. The summed E-state index contributed by atoms with van der Waals surface area (Å²) in [6.07, 6.45) is 11.6. The molecule has 6 N–H and O–H groups in total. The highest BCUT2D eigenvalue weighted by Gasteiger charge is 2.31. The van der Waals surface area contributed by atoms with Crippen LogP contribution in [0.1, 0.15) is 63.7 Å². The molecule has 0 saturated carbocycles. The molecule has 5 aromatic rings. The first-order valence-electron chi connectivity index (χ1n) is 18.8. The number of allylic oxidation sites excluding steroid dienone is 4. The topological polar surface area (TPSA) is 202 Å². The zero-order valence-corrected chi connectivity index (χ0v) is 31.3. The van der Waals surface area contributed by atoms with Crippen molar-refractivity contribution in [1.82, 2.24) is 10.3 Å². The predicted molar refractivity (Wildman–Crippen MR) is 226 cm³/mol. The molecule has 12 heteroatoms. The summed E-state index contributed by atoms with van der Waals surface area (Å²) in [4.78, 5) is 61.3. The van der Waals surface area contributed by atoms with Gasteiger partial charge in [-0.05, 0) is 107 Å². The number of carboxylic acids is 4. The van der Waals surface area contributed by atoms with Gasteiger partial charge in [-0.25, -0.2) is 29.2 Å². The number of carbonyl (C=O) groups is 4. The first-order valence-corrected chi connectivity index (χ1v) is 18.8. The van der Waals surface area contributed by atoms with Crippen LogP contribution in [0.25, 0.3) is 22.3 Å². The average molecular weight is 793 g/mol. The van der Waals surface area contributed by atoms with E-state index in [2.05, 4.69) is 10.3 Å². The van der Waals surface area contributed by atoms with E-state index in [0.29, 0.717) is 55.8 Å². The van der Waals surface area contributed by atoms with Crippen molar-refractivity contribution >= 4 is 57.6 Å². The van der Waals surface area contributed by atoms with Gasteiger partial charge in [0.2, 0.25) is 0 Å². The summed E-state index contributed by atoms with van der Waals surface area (Å²) in [5, 5.41) is 43.8.